The lowest BCUT2D eigenvalue weighted by Gasteiger charge is -2.30. The number of rotatable bonds is 4. The van der Waals surface area contributed by atoms with E-state index in [1.54, 1.807) is 7.11 Å². The van der Waals surface area contributed by atoms with Crippen LogP contribution < -0.4 is 5.32 Å². The van der Waals surface area contributed by atoms with Gasteiger partial charge in [-0.05, 0) is 20.8 Å². The molecule has 0 aliphatic carbocycles. The van der Waals surface area contributed by atoms with E-state index < -0.39 is 0 Å². The standard InChI is InChI=1S/C9H17NO/c1-6-7-10-8(2)9(3,4)11-5/h1,8,10H,7H2,2-5H3. The molecule has 0 saturated carbocycles. The van der Waals surface area contributed by atoms with Crippen molar-refractivity contribution in [2.24, 2.45) is 0 Å². The Morgan fingerprint density at radius 3 is 2.55 bits per heavy atom. The van der Waals surface area contributed by atoms with Gasteiger partial charge in [-0.1, -0.05) is 5.92 Å². The highest BCUT2D eigenvalue weighted by Gasteiger charge is 2.23. The summed E-state index contributed by atoms with van der Waals surface area (Å²) in [7, 11) is 1.70. The molecule has 0 heterocycles. The smallest absolute Gasteiger partial charge is 0.0772 e. The zero-order valence-electron chi connectivity index (χ0n) is 7.77. The molecule has 0 aliphatic rings. The van der Waals surface area contributed by atoms with Gasteiger partial charge in [0, 0.05) is 13.2 Å². The van der Waals surface area contributed by atoms with Crippen molar-refractivity contribution in [1.82, 2.24) is 5.32 Å². The molecule has 2 nitrogen and oxygen atoms in total. The predicted octanol–water partition coefficient (Wildman–Crippen LogP) is 1.02. The maximum atomic E-state index is 5.27. The summed E-state index contributed by atoms with van der Waals surface area (Å²) in [4.78, 5) is 0. The first-order chi connectivity index (χ1) is 5.04. The molecule has 0 fully saturated rings. The maximum Gasteiger partial charge on any atom is 0.0772 e. The van der Waals surface area contributed by atoms with E-state index >= 15 is 0 Å². The largest absolute Gasteiger partial charge is 0.377 e. The first-order valence-electron chi connectivity index (χ1n) is 3.76. The van der Waals surface area contributed by atoms with Crippen molar-refractivity contribution in [3.8, 4) is 12.3 Å². The number of methoxy groups -OCH3 is 1. The second-order valence-electron chi connectivity index (χ2n) is 3.11. The van der Waals surface area contributed by atoms with Gasteiger partial charge in [0.05, 0.1) is 12.1 Å². The number of hydrogen-bond acceptors (Lipinski definition) is 2. The second-order valence-corrected chi connectivity index (χ2v) is 3.11. The Bertz CT molecular complexity index is 146. The van der Waals surface area contributed by atoms with E-state index in [0.717, 1.165) is 0 Å². The monoisotopic (exact) mass is 155 g/mol. The lowest BCUT2D eigenvalue weighted by Crippen LogP contribution is -2.46. The van der Waals surface area contributed by atoms with E-state index in [2.05, 4.69) is 18.2 Å². The van der Waals surface area contributed by atoms with Crippen LogP contribution in [-0.2, 0) is 4.74 Å². The third-order valence-electron chi connectivity index (χ3n) is 2.08. The SMILES string of the molecule is C#CCNC(C)C(C)(C)OC. The van der Waals surface area contributed by atoms with Gasteiger partial charge in [-0.15, -0.1) is 6.42 Å². The summed E-state index contributed by atoms with van der Waals surface area (Å²) in [5.74, 6) is 2.53. The summed E-state index contributed by atoms with van der Waals surface area (Å²) in [6.45, 7) is 6.71. The van der Waals surface area contributed by atoms with Crippen LogP contribution in [-0.4, -0.2) is 25.3 Å². The Kier molecular flexibility index (Phi) is 4.17. The van der Waals surface area contributed by atoms with Gasteiger partial charge in [-0.25, -0.2) is 0 Å². The third kappa shape index (κ3) is 3.41. The van der Waals surface area contributed by atoms with Crippen LogP contribution in [0.15, 0.2) is 0 Å². The zero-order valence-corrected chi connectivity index (χ0v) is 7.77. The van der Waals surface area contributed by atoms with E-state index in [0.29, 0.717) is 6.54 Å². The van der Waals surface area contributed by atoms with Crippen LogP contribution in [0.1, 0.15) is 20.8 Å². The molecule has 64 valence electrons. The van der Waals surface area contributed by atoms with Gasteiger partial charge in [0.1, 0.15) is 0 Å². The summed E-state index contributed by atoms with van der Waals surface area (Å²) >= 11 is 0. The fourth-order valence-electron chi connectivity index (χ4n) is 0.635. The molecule has 1 atom stereocenters. The molecular weight excluding hydrogens is 138 g/mol. The average Bonchev–Trinajstić information content (AvgIpc) is 2.00. The van der Waals surface area contributed by atoms with Crippen LogP contribution >= 0.6 is 0 Å². The van der Waals surface area contributed by atoms with Crippen LogP contribution in [0.25, 0.3) is 0 Å². The molecular formula is C9H17NO. The molecule has 0 aromatic heterocycles. The van der Waals surface area contributed by atoms with E-state index in [4.69, 9.17) is 11.2 Å². The minimum absolute atomic E-state index is 0.156. The summed E-state index contributed by atoms with van der Waals surface area (Å²) in [5.41, 5.74) is -0.156. The van der Waals surface area contributed by atoms with Gasteiger partial charge in [-0.3, -0.25) is 0 Å². The fraction of sp³-hybridized carbons (Fsp3) is 0.778. The Morgan fingerprint density at radius 2 is 2.18 bits per heavy atom. The quantitative estimate of drug-likeness (QED) is 0.612. The van der Waals surface area contributed by atoms with Crippen LogP contribution in [0.3, 0.4) is 0 Å². The average molecular weight is 155 g/mol. The summed E-state index contributed by atoms with van der Waals surface area (Å²) < 4.78 is 5.27. The van der Waals surface area contributed by atoms with E-state index in [-0.39, 0.29) is 11.6 Å². The highest BCUT2D eigenvalue weighted by Crippen LogP contribution is 2.12. The molecule has 0 saturated heterocycles. The van der Waals surface area contributed by atoms with Crippen molar-refractivity contribution in [1.29, 1.82) is 0 Å². The lowest BCUT2D eigenvalue weighted by atomic mass is 10.0. The molecule has 11 heavy (non-hydrogen) atoms. The van der Waals surface area contributed by atoms with E-state index in [1.807, 2.05) is 13.8 Å². The number of ether oxygens (including phenoxy) is 1. The van der Waals surface area contributed by atoms with Crippen LogP contribution in [0.2, 0.25) is 0 Å². The highest BCUT2D eigenvalue weighted by atomic mass is 16.5. The zero-order chi connectivity index (χ0) is 8.91. The molecule has 0 aromatic rings. The van der Waals surface area contributed by atoms with Crippen LogP contribution in [0.5, 0.6) is 0 Å². The molecule has 0 bridgehead atoms. The first kappa shape index (κ1) is 10.5. The van der Waals surface area contributed by atoms with E-state index in [1.165, 1.54) is 0 Å². The maximum absolute atomic E-state index is 5.27. The highest BCUT2D eigenvalue weighted by molar-refractivity contribution is 4.91. The fourth-order valence-corrected chi connectivity index (χ4v) is 0.635. The van der Waals surface area contributed by atoms with Crippen LogP contribution in [0.4, 0.5) is 0 Å². The molecule has 0 spiro atoms. The molecule has 0 aliphatic heterocycles. The Hall–Kier alpha value is -0.520. The first-order valence-corrected chi connectivity index (χ1v) is 3.76. The topological polar surface area (TPSA) is 21.3 Å². The lowest BCUT2D eigenvalue weighted by molar-refractivity contribution is -0.00385. The summed E-state index contributed by atoms with van der Waals surface area (Å²) in [6.07, 6.45) is 5.11. The van der Waals surface area contributed by atoms with E-state index in [9.17, 15) is 0 Å². The molecule has 1 N–H and O–H groups in total. The van der Waals surface area contributed by atoms with Crippen molar-refractivity contribution in [3.63, 3.8) is 0 Å². The molecule has 1 unspecified atom stereocenters. The Balaban J connectivity index is 3.83. The number of terminal acetylenes is 1. The van der Waals surface area contributed by atoms with Crippen LogP contribution in [0, 0.1) is 12.3 Å². The molecule has 0 radical (unpaired) electrons. The molecule has 0 aromatic carbocycles. The Morgan fingerprint density at radius 1 is 1.64 bits per heavy atom. The third-order valence-corrected chi connectivity index (χ3v) is 2.08. The molecule has 0 amide bonds. The van der Waals surface area contributed by atoms with Gasteiger partial charge in [-0.2, -0.15) is 0 Å². The van der Waals surface area contributed by atoms with Gasteiger partial charge in [0.2, 0.25) is 0 Å². The summed E-state index contributed by atoms with van der Waals surface area (Å²) in [6, 6.07) is 0.267. The normalized spacial score (nSPS) is 14.1. The minimum atomic E-state index is -0.156. The predicted molar refractivity (Wildman–Crippen MR) is 47.4 cm³/mol. The minimum Gasteiger partial charge on any atom is -0.377 e. The Labute approximate surface area is 69.3 Å². The van der Waals surface area contributed by atoms with Gasteiger partial charge >= 0.3 is 0 Å². The van der Waals surface area contributed by atoms with Crippen molar-refractivity contribution >= 4 is 0 Å². The molecule has 0 rings (SSSR count). The number of nitrogens with one attached hydrogen (secondary N) is 1. The van der Waals surface area contributed by atoms with Gasteiger partial charge in [0.15, 0.2) is 0 Å². The number of hydrogen-bond donors (Lipinski definition) is 1. The van der Waals surface area contributed by atoms with Gasteiger partial charge in [0.25, 0.3) is 0 Å². The van der Waals surface area contributed by atoms with Gasteiger partial charge < -0.3 is 10.1 Å². The summed E-state index contributed by atoms with van der Waals surface area (Å²) in [5, 5.41) is 3.16. The van der Waals surface area contributed by atoms with Crippen molar-refractivity contribution < 1.29 is 4.74 Å². The van der Waals surface area contributed by atoms with Crippen molar-refractivity contribution in [2.75, 3.05) is 13.7 Å². The van der Waals surface area contributed by atoms with Crippen molar-refractivity contribution in [3.05, 3.63) is 0 Å². The molecule has 2 heteroatoms. The van der Waals surface area contributed by atoms with Crippen molar-refractivity contribution in [2.45, 2.75) is 32.4 Å². The second kappa shape index (κ2) is 4.38.